The van der Waals surface area contributed by atoms with Gasteiger partial charge in [-0.15, -0.1) is 0 Å². The number of aromatic nitrogens is 1. The Hall–Kier alpha value is -3.01. The largest absolute Gasteiger partial charge is 0.481 e. The van der Waals surface area contributed by atoms with Gasteiger partial charge in [-0.2, -0.15) is 0 Å². The number of carbonyl (C=O) groups is 2. The van der Waals surface area contributed by atoms with Crippen molar-refractivity contribution >= 4 is 33.3 Å². The van der Waals surface area contributed by atoms with Crippen molar-refractivity contribution in [1.29, 1.82) is 0 Å². The number of nitro groups is 1. The normalized spacial score (nSPS) is 10.0. The summed E-state index contributed by atoms with van der Waals surface area (Å²) in [7, 11) is 0. The van der Waals surface area contributed by atoms with Crippen LogP contribution in [-0.2, 0) is 4.79 Å². The van der Waals surface area contributed by atoms with Crippen LogP contribution in [0, 0.1) is 10.1 Å². The molecular formula is C12H9N3O6S. The molecule has 0 aliphatic rings. The first-order valence-electron chi connectivity index (χ1n) is 5.82. The zero-order chi connectivity index (χ0) is 16.1. The standard InChI is InChI=1S/C12H9N3O6S/c16-10(17)6-21-8-4-2-1-3-7(8)11(18)14-12-13-5-9(22-12)15(19)20/h1-5H,6H2,(H,16,17)(H,13,14,18). The molecular weight excluding hydrogens is 314 g/mol. The Morgan fingerprint density at radius 1 is 1.41 bits per heavy atom. The number of anilines is 1. The molecule has 2 rings (SSSR count). The number of ether oxygens (including phenoxy) is 1. The van der Waals surface area contributed by atoms with Gasteiger partial charge in [-0.3, -0.25) is 20.2 Å². The van der Waals surface area contributed by atoms with Gasteiger partial charge in [0.15, 0.2) is 11.7 Å². The topological polar surface area (TPSA) is 132 Å². The Kier molecular flexibility index (Phi) is 4.63. The molecule has 2 N–H and O–H groups in total. The molecule has 0 saturated carbocycles. The van der Waals surface area contributed by atoms with Gasteiger partial charge in [-0.25, -0.2) is 9.78 Å². The summed E-state index contributed by atoms with van der Waals surface area (Å²) in [6, 6.07) is 6.05. The monoisotopic (exact) mass is 323 g/mol. The number of rotatable bonds is 6. The lowest BCUT2D eigenvalue weighted by Crippen LogP contribution is -2.16. The molecule has 22 heavy (non-hydrogen) atoms. The molecule has 0 atom stereocenters. The highest BCUT2D eigenvalue weighted by Gasteiger charge is 2.17. The van der Waals surface area contributed by atoms with Crippen molar-refractivity contribution in [2.45, 2.75) is 0 Å². The second-order valence-electron chi connectivity index (χ2n) is 3.89. The molecule has 0 fully saturated rings. The lowest BCUT2D eigenvalue weighted by molar-refractivity contribution is -0.380. The van der Waals surface area contributed by atoms with Crippen LogP contribution in [0.3, 0.4) is 0 Å². The van der Waals surface area contributed by atoms with Gasteiger partial charge in [0.05, 0.1) is 10.5 Å². The number of carbonyl (C=O) groups excluding carboxylic acids is 1. The first-order chi connectivity index (χ1) is 10.5. The predicted octanol–water partition coefficient (Wildman–Crippen LogP) is 1.77. The quantitative estimate of drug-likeness (QED) is 0.611. The van der Waals surface area contributed by atoms with Crippen LogP contribution in [0.2, 0.25) is 0 Å². The van der Waals surface area contributed by atoms with Gasteiger partial charge in [0.1, 0.15) is 11.9 Å². The van der Waals surface area contributed by atoms with Crippen molar-refractivity contribution in [3.05, 3.63) is 46.1 Å². The summed E-state index contributed by atoms with van der Waals surface area (Å²) in [6.45, 7) is -0.590. The molecule has 0 spiro atoms. The van der Waals surface area contributed by atoms with Crippen molar-refractivity contribution in [1.82, 2.24) is 4.98 Å². The number of hydrogen-bond donors (Lipinski definition) is 2. The van der Waals surface area contributed by atoms with E-state index in [1.807, 2.05) is 0 Å². The van der Waals surface area contributed by atoms with Crippen molar-refractivity contribution in [2.75, 3.05) is 11.9 Å². The van der Waals surface area contributed by atoms with Crippen LogP contribution in [0.25, 0.3) is 0 Å². The number of amides is 1. The molecule has 1 amide bonds. The first-order valence-corrected chi connectivity index (χ1v) is 6.64. The van der Waals surface area contributed by atoms with Gasteiger partial charge in [0.25, 0.3) is 5.91 Å². The summed E-state index contributed by atoms with van der Waals surface area (Å²) in [4.78, 5) is 36.3. The molecule has 114 valence electrons. The number of carboxylic acids is 1. The minimum atomic E-state index is -1.18. The van der Waals surface area contributed by atoms with Gasteiger partial charge < -0.3 is 9.84 Å². The SMILES string of the molecule is O=C(O)COc1ccccc1C(=O)Nc1ncc([N+](=O)[O-])s1. The Morgan fingerprint density at radius 3 is 2.77 bits per heavy atom. The minimum Gasteiger partial charge on any atom is -0.481 e. The Morgan fingerprint density at radius 2 is 2.14 bits per heavy atom. The molecule has 9 nitrogen and oxygen atoms in total. The van der Waals surface area contributed by atoms with E-state index in [9.17, 15) is 19.7 Å². The average Bonchev–Trinajstić information content (AvgIpc) is 2.94. The lowest BCUT2D eigenvalue weighted by atomic mass is 10.2. The third-order valence-electron chi connectivity index (χ3n) is 2.38. The first kappa shape index (κ1) is 15.4. The molecule has 1 aromatic carbocycles. The van der Waals surface area contributed by atoms with E-state index >= 15 is 0 Å². The van der Waals surface area contributed by atoms with Crippen LogP contribution in [0.1, 0.15) is 10.4 Å². The number of para-hydroxylation sites is 1. The third-order valence-corrected chi connectivity index (χ3v) is 3.24. The second-order valence-corrected chi connectivity index (χ2v) is 4.90. The molecule has 0 aliphatic heterocycles. The molecule has 1 aromatic heterocycles. The van der Waals surface area contributed by atoms with Gasteiger partial charge in [-0.05, 0) is 23.5 Å². The molecule has 0 radical (unpaired) electrons. The van der Waals surface area contributed by atoms with Crippen LogP contribution in [0.5, 0.6) is 5.75 Å². The molecule has 0 bridgehead atoms. The highest BCUT2D eigenvalue weighted by atomic mass is 32.1. The van der Waals surface area contributed by atoms with Crippen LogP contribution in [-0.4, -0.2) is 33.5 Å². The van der Waals surface area contributed by atoms with E-state index in [-0.39, 0.29) is 21.4 Å². The van der Waals surface area contributed by atoms with Gasteiger partial charge in [-0.1, -0.05) is 12.1 Å². The molecule has 0 unspecified atom stereocenters. The molecule has 10 heteroatoms. The van der Waals surface area contributed by atoms with Crippen molar-refractivity contribution < 1.29 is 24.4 Å². The highest BCUT2D eigenvalue weighted by molar-refractivity contribution is 7.18. The molecule has 0 aliphatic carbocycles. The maximum atomic E-state index is 12.1. The Balaban J connectivity index is 2.14. The van der Waals surface area contributed by atoms with Gasteiger partial charge in [0.2, 0.25) is 0 Å². The fourth-order valence-corrected chi connectivity index (χ4v) is 2.12. The molecule has 2 aromatic rings. The van der Waals surface area contributed by atoms with Crippen molar-refractivity contribution in [3.8, 4) is 5.75 Å². The number of carboxylic acid groups (broad SMARTS) is 1. The fraction of sp³-hybridized carbons (Fsp3) is 0.0833. The smallest absolute Gasteiger partial charge is 0.345 e. The number of benzene rings is 1. The highest BCUT2D eigenvalue weighted by Crippen LogP contribution is 2.26. The molecule has 1 heterocycles. The van der Waals surface area contributed by atoms with E-state index in [1.54, 1.807) is 12.1 Å². The summed E-state index contributed by atoms with van der Waals surface area (Å²) >= 11 is 0.711. The van der Waals surface area contributed by atoms with E-state index in [4.69, 9.17) is 9.84 Å². The second kappa shape index (κ2) is 6.63. The number of nitrogens with one attached hydrogen (secondary N) is 1. The van der Waals surface area contributed by atoms with E-state index in [1.165, 1.54) is 12.1 Å². The maximum Gasteiger partial charge on any atom is 0.345 e. The van der Waals surface area contributed by atoms with E-state index in [2.05, 4.69) is 10.3 Å². The van der Waals surface area contributed by atoms with Gasteiger partial charge >= 0.3 is 11.0 Å². The third kappa shape index (κ3) is 3.76. The summed E-state index contributed by atoms with van der Waals surface area (Å²) in [5.41, 5.74) is 0.0987. The fourth-order valence-electron chi connectivity index (χ4n) is 1.49. The maximum absolute atomic E-state index is 12.1. The van der Waals surface area contributed by atoms with Crippen LogP contribution in [0.15, 0.2) is 30.5 Å². The summed E-state index contributed by atoms with van der Waals surface area (Å²) in [5.74, 6) is -1.69. The van der Waals surface area contributed by atoms with Crippen LogP contribution in [0.4, 0.5) is 10.1 Å². The summed E-state index contributed by atoms with van der Waals surface area (Å²) in [6.07, 6.45) is 1.03. The Labute approximate surface area is 127 Å². The van der Waals surface area contributed by atoms with E-state index in [0.29, 0.717) is 11.3 Å². The minimum absolute atomic E-state index is 0.0599. The average molecular weight is 323 g/mol. The number of nitrogens with zero attached hydrogens (tertiary/aromatic N) is 2. The van der Waals surface area contributed by atoms with Crippen molar-refractivity contribution in [2.24, 2.45) is 0 Å². The van der Waals surface area contributed by atoms with Crippen LogP contribution >= 0.6 is 11.3 Å². The number of thiazole rings is 1. The van der Waals surface area contributed by atoms with E-state index < -0.39 is 23.4 Å². The molecule has 0 saturated heterocycles. The van der Waals surface area contributed by atoms with Crippen LogP contribution < -0.4 is 10.1 Å². The number of hydrogen-bond acceptors (Lipinski definition) is 7. The Bertz CT molecular complexity index is 729. The lowest BCUT2D eigenvalue weighted by Gasteiger charge is -2.08. The summed E-state index contributed by atoms with van der Waals surface area (Å²) in [5, 5.41) is 21.4. The predicted molar refractivity (Wildman–Crippen MR) is 76.3 cm³/mol. The zero-order valence-electron chi connectivity index (χ0n) is 10.9. The van der Waals surface area contributed by atoms with Crippen molar-refractivity contribution in [3.63, 3.8) is 0 Å². The van der Waals surface area contributed by atoms with E-state index in [0.717, 1.165) is 6.20 Å². The summed E-state index contributed by atoms with van der Waals surface area (Å²) < 4.78 is 5.02. The van der Waals surface area contributed by atoms with Gasteiger partial charge in [0, 0.05) is 0 Å². The number of aliphatic carboxylic acids is 1. The zero-order valence-corrected chi connectivity index (χ0v) is 11.7.